The van der Waals surface area contributed by atoms with Gasteiger partial charge in [-0.1, -0.05) is 31.3 Å². The Bertz CT molecular complexity index is 1030. The van der Waals surface area contributed by atoms with Gasteiger partial charge < -0.3 is 4.57 Å². The molecule has 3 rings (SSSR count). The maximum atomic E-state index is 12.5. The van der Waals surface area contributed by atoms with E-state index in [1.807, 2.05) is 0 Å². The van der Waals surface area contributed by atoms with E-state index < -0.39 is 10.8 Å². The highest BCUT2D eigenvalue weighted by Crippen LogP contribution is 2.20. The highest BCUT2D eigenvalue weighted by atomic mass is 32.1. The number of fused-ring (bicyclic) bond motifs is 1. The largest absolute Gasteiger partial charge is 0.316 e. The fourth-order valence-electron chi connectivity index (χ4n) is 2.74. The number of nitro benzene ring substituents is 1. The first-order valence-electron chi connectivity index (χ1n) is 8.49. The van der Waals surface area contributed by atoms with E-state index in [4.69, 9.17) is 0 Å². The van der Waals surface area contributed by atoms with Crippen LogP contribution in [0.15, 0.2) is 47.5 Å². The molecule has 0 unspecified atom stereocenters. The van der Waals surface area contributed by atoms with E-state index in [0.717, 1.165) is 29.6 Å². The molecule has 0 saturated heterocycles. The Morgan fingerprint density at radius 3 is 2.54 bits per heavy atom. The van der Waals surface area contributed by atoms with Crippen LogP contribution < -0.4 is 4.80 Å². The second-order valence-corrected chi connectivity index (χ2v) is 6.92. The second-order valence-electron chi connectivity index (χ2n) is 5.91. The van der Waals surface area contributed by atoms with Crippen molar-refractivity contribution < 1.29 is 9.72 Å². The smallest absolute Gasteiger partial charge is 0.279 e. The summed E-state index contributed by atoms with van der Waals surface area (Å²) in [6.45, 7) is 4.97. The van der Waals surface area contributed by atoms with Crippen LogP contribution in [0.2, 0.25) is 0 Å². The third-order valence-corrected chi connectivity index (χ3v) is 5.17. The lowest BCUT2D eigenvalue weighted by Gasteiger charge is -2.03. The zero-order valence-electron chi connectivity index (χ0n) is 14.6. The van der Waals surface area contributed by atoms with Gasteiger partial charge in [-0.05, 0) is 42.7 Å². The third-order valence-electron chi connectivity index (χ3n) is 4.12. The van der Waals surface area contributed by atoms with E-state index in [9.17, 15) is 14.9 Å². The van der Waals surface area contributed by atoms with Crippen LogP contribution in [0.3, 0.4) is 0 Å². The van der Waals surface area contributed by atoms with Crippen molar-refractivity contribution in [2.75, 3.05) is 0 Å². The minimum absolute atomic E-state index is 0.0449. The van der Waals surface area contributed by atoms with Gasteiger partial charge in [0.2, 0.25) is 0 Å². The number of aromatic nitrogens is 1. The summed E-state index contributed by atoms with van der Waals surface area (Å²) >= 11 is 1.49. The molecule has 1 aromatic heterocycles. The molecule has 0 aliphatic rings. The maximum Gasteiger partial charge on any atom is 0.279 e. The van der Waals surface area contributed by atoms with Gasteiger partial charge in [-0.2, -0.15) is 4.99 Å². The van der Waals surface area contributed by atoms with Crippen LogP contribution in [-0.4, -0.2) is 15.4 Å². The number of rotatable bonds is 5. The molecule has 0 N–H and O–H groups in total. The maximum absolute atomic E-state index is 12.5. The number of nitro groups is 1. The number of benzene rings is 2. The van der Waals surface area contributed by atoms with Gasteiger partial charge in [0.1, 0.15) is 0 Å². The van der Waals surface area contributed by atoms with E-state index in [0.29, 0.717) is 10.4 Å². The topological polar surface area (TPSA) is 77.5 Å². The Morgan fingerprint density at radius 1 is 1.19 bits per heavy atom. The van der Waals surface area contributed by atoms with Crippen LogP contribution in [0.1, 0.15) is 36.2 Å². The number of carbonyl (C=O) groups excluding carboxylic acids is 1. The molecular weight excluding hydrogens is 350 g/mol. The predicted molar refractivity (Wildman–Crippen MR) is 102 cm³/mol. The fourth-order valence-corrected chi connectivity index (χ4v) is 3.86. The first-order chi connectivity index (χ1) is 12.5. The van der Waals surface area contributed by atoms with Gasteiger partial charge in [-0.25, -0.2) is 0 Å². The van der Waals surface area contributed by atoms with Crippen molar-refractivity contribution in [2.24, 2.45) is 4.99 Å². The molecule has 0 aliphatic heterocycles. The molecule has 7 heteroatoms. The lowest BCUT2D eigenvalue weighted by molar-refractivity contribution is -0.384. The van der Waals surface area contributed by atoms with E-state index >= 15 is 0 Å². The SMILES string of the molecule is CCCn1c(=NC(=O)c2ccc([N+](=O)[O-])cc2)sc2cc(CC)ccc21. The summed E-state index contributed by atoms with van der Waals surface area (Å²) in [5.74, 6) is -0.396. The number of amides is 1. The molecular formula is C19H19N3O3S. The molecule has 134 valence electrons. The second kappa shape index (κ2) is 7.61. The summed E-state index contributed by atoms with van der Waals surface area (Å²) in [4.78, 5) is 27.7. The molecule has 3 aromatic rings. The highest BCUT2D eigenvalue weighted by molar-refractivity contribution is 7.16. The van der Waals surface area contributed by atoms with Crippen molar-refractivity contribution in [3.63, 3.8) is 0 Å². The molecule has 0 bridgehead atoms. The average molecular weight is 369 g/mol. The van der Waals surface area contributed by atoms with Crippen LogP contribution in [-0.2, 0) is 13.0 Å². The highest BCUT2D eigenvalue weighted by Gasteiger charge is 2.11. The molecule has 1 amide bonds. The Labute approximate surface area is 154 Å². The van der Waals surface area contributed by atoms with Crippen molar-refractivity contribution >= 4 is 33.1 Å². The minimum Gasteiger partial charge on any atom is -0.316 e. The van der Waals surface area contributed by atoms with E-state index in [1.54, 1.807) is 0 Å². The number of carbonyl (C=O) groups is 1. The van der Waals surface area contributed by atoms with Gasteiger partial charge >= 0.3 is 0 Å². The van der Waals surface area contributed by atoms with E-state index in [2.05, 4.69) is 41.6 Å². The predicted octanol–water partition coefficient (Wildman–Crippen LogP) is 4.32. The monoisotopic (exact) mass is 369 g/mol. The van der Waals surface area contributed by atoms with Gasteiger partial charge in [0.15, 0.2) is 4.80 Å². The zero-order chi connectivity index (χ0) is 18.7. The number of hydrogen-bond donors (Lipinski definition) is 0. The summed E-state index contributed by atoms with van der Waals surface area (Å²) in [6.07, 6.45) is 1.89. The summed E-state index contributed by atoms with van der Waals surface area (Å²) in [5.41, 5.74) is 2.61. The summed E-state index contributed by atoms with van der Waals surface area (Å²) in [7, 11) is 0. The molecule has 2 aromatic carbocycles. The molecule has 0 fully saturated rings. The van der Waals surface area contributed by atoms with Crippen LogP contribution in [0.4, 0.5) is 5.69 Å². The Morgan fingerprint density at radius 2 is 1.92 bits per heavy atom. The lowest BCUT2D eigenvalue weighted by Crippen LogP contribution is -2.16. The van der Waals surface area contributed by atoms with Gasteiger partial charge in [0.05, 0.1) is 15.1 Å². The van der Waals surface area contributed by atoms with Gasteiger partial charge in [0.25, 0.3) is 11.6 Å². The third kappa shape index (κ3) is 3.57. The summed E-state index contributed by atoms with van der Waals surface area (Å²) < 4.78 is 3.16. The Kier molecular flexibility index (Phi) is 5.27. The van der Waals surface area contributed by atoms with Gasteiger partial charge in [0, 0.05) is 24.2 Å². The van der Waals surface area contributed by atoms with Crippen LogP contribution >= 0.6 is 11.3 Å². The first kappa shape index (κ1) is 18.0. The van der Waals surface area contributed by atoms with Crippen molar-refractivity contribution in [3.05, 3.63) is 68.5 Å². The van der Waals surface area contributed by atoms with Crippen molar-refractivity contribution in [1.29, 1.82) is 0 Å². The minimum atomic E-state index is -0.488. The van der Waals surface area contributed by atoms with Crippen molar-refractivity contribution in [1.82, 2.24) is 4.57 Å². The number of hydrogen-bond acceptors (Lipinski definition) is 4. The van der Waals surface area contributed by atoms with Crippen molar-refractivity contribution in [2.45, 2.75) is 33.2 Å². The molecule has 0 atom stereocenters. The van der Waals surface area contributed by atoms with Crippen LogP contribution in [0, 0.1) is 10.1 Å². The lowest BCUT2D eigenvalue weighted by atomic mass is 10.2. The molecule has 0 aliphatic carbocycles. The van der Waals surface area contributed by atoms with Gasteiger partial charge in [-0.15, -0.1) is 0 Å². The van der Waals surface area contributed by atoms with Crippen LogP contribution in [0.5, 0.6) is 0 Å². The quantitative estimate of drug-likeness (QED) is 0.496. The number of nitrogens with zero attached hydrogens (tertiary/aromatic N) is 3. The Balaban J connectivity index is 2.05. The van der Waals surface area contributed by atoms with Gasteiger partial charge in [-0.3, -0.25) is 14.9 Å². The standard InChI is InChI=1S/C19H19N3O3S/c1-3-11-21-16-10-5-13(4-2)12-17(16)26-19(21)20-18(23)14-6-8-15(9-7-14)22(24)25/h5-10,12H,3-4,11H2,1-2H3. The molecule has 0 radical (unpaired) electrons. The first-order valence-corrected chi connectivity index (χ1v) is 9.31. The summed E-state index contributed by atoms with van der Waals surface area (Å²) in [5, 5.41) is 10.7. The van der Waals surface area contributed by atoms with E-state index in [1.165, 1.54) is 41.2 Å². The molecule has 1 heterocycles. The molecule has 26 heavy (non-hydrogen) atoms. The number of aryl methyl sites for hydroxylation is 2. The van der Waals surface area contributed by atoms with Crippen LogP contribution in [0.25, 0.3) is 10.2 Å². The zero-order valence-corrected chi connectivity index (χ0v) is 15.5. The number of thiazole rings is 1. The summed E-state index contributed by atoms with van der Waals surface area (Å²) in [6, 6.07) is 11.8. The van der Waals surface area contributed by atoms with Crippen molar-refractivity contribution in [3.8, 4) is 0 Å². The molecule has 0 spiro atoms. The fraction of sp³-hybridized carbons (Fsp3) is 0.263. The average Bonchev–Trinajstić information content (AvgIpc) is 2.98. The Hall–Kier alpha value is -2.80. The molecule has 6 nitrogen and oxygen atoms in total. The molecule has 0 saturated carbocycles. The van der Waals surface area contributed by atoms with E-state index in [-0.39, 0.29) is 5.69 Å². The number of non-ortho nitro benzene ring substituents is 1. The normalized spacial score (nSPS) is 11.8.